The molecular weight excluding hydrogens is 244 g/mol. The van der Waals surface area contributed by atoms with Crippen molar-refractivity contribution < 1.29 is 5.11 Å². The van der Waals surface area contributed by atoms with Gasteiger partial charge >= 0.3 is 0 Å². The molecular formula is C19H24O. The van der Waals surface area contributed by atoms with Crippen molar-refractivity contribution in [2.75, 3.05) is 0 Å². The van der Waals surface area contributed by atoms with Crippen LogP contribution in [0.3, 0.4) is 0 Å². The first-order valence-electron chi connectivity index (χ1n) is 8.12. The molecule has 0 amide bonds. The first-order valence-corrected chi connectivity index (χ1v) is 8.12. The van der Waals surface area contributed by atoms with Crippen molar-refractivity contribution in [3.8, 4) is 0 Å². The zero-order valence-corrected chi connectivity index (χ0v) is 12.6. The van der Waals surface area contributed by atoms with E-state index < -0.39 is 0 Å². The van der Waals surface area contributed by atoms with Crippen molar-refractivity contribution in [1.29, 1.82) is 0 Å². The van der Waals surface area contributed by atoms with Gasteiger partial charge in [-0.05, 0) is 66.7 Å². The van der Waals surface area contributed by atoms with E-state index in [2.05, 4.69) is 26.0 Å². The van der Waals surface area contributed by atoms with Crippen LogP contribution in [0.1, 0.15) is 52.4 Å². The third kappa shape index (κ3) is 1.55. The van der Waals surface area contributed by atoms with Crippen molar-refractivity contribution in [1.82, 2.24) is 0 Å². The molecule has 0 radical (unpaired) electrons. The van der Waals surface area contributed by atoms with Crippen LogP contribution in [-0.4, -0.2) is 5.11 Å². The number of hydrogen-bond acceptors (Lipinski definition) is 1. The van der Waals surface area contributed by atoms with Crippen LogP contribution in [0.2, 0.25) is 0 Å². The van der Waals surface area contributed by atoms with Gasteiger partial charge in [-0.2, -0.15) is 0 Å². The van der Waals surface area contributed by atoms with E-state index in [1.54, 1.807) is 16.7 Å². The molecule has 0 aromatic heterocycles. The van der Waals surface area contributed by atoms with Crippen molar-refractivity contribution in [2.24, 2.45) is 17.3 Å². The number of aliphatic hydroxyl groups excluding tert-OH is 1. The van der Waals surface area contributed by atoms with E-state index >= 15 is 0 Å². The second kappa shape index (κ2) is 4.13. The second-order valence-corrected chi connectivity index (χ2v) is 7.31. The summed E-state index contributed by atoms with van der Waals surface area (Å²) in [7, 11) is 0. The zero-order valence-electron chi connectivity index (χ0n) is 12.6. The largest absolute Gasteiger partial charge is 0.512 e. The molecule has 0 aromatic carbocycles. The Labute approximate surface area is 121 Å². The minimum absolute atomic E-state index is 0.192. The predicted molar refractivity (Wildman–Crippen MR) is 82.4 cm³/mol. The quantitative estimate of drug-likeness (QED) is 0.637. The van der Waals surface area contributed by atoms with Gasteiger partial charge in [0.05, 0.1) is 5.76 Å². The highest BCUT2D eigenvalue weighted by Gasteiger charge is 2.43. The molecule has 1 nitrogen and oxygen atoms in total. The fourth-order valence-electron chi connectivity index (χ4n) is 4.95. The van der Waals surface area contributed by atoms with E-state index in [1.807, 2.05) is 6.08 Å². The Balaban J connectivity index is 1.79. The van der Waals surface area contributed by atoms with Gasteiger partial charge < -0.3 is 5.11 Å². The maximum absolute atomic E-state index is 9.84. The van der Waals surface area contributed by atoms with Crippen LogP contribution in [0, 0.1) is 17.3 Å². The maximum atomic E-state index is 9.84. The molecule has 1 N–H and O–H groups in total. The molecule has 0 aliphatic heterocycles. The maximum Gasteiger partial charge on any atom is 0.0926 e. The average Bonchev–Trinajstić information content (AvgIpc) is 2.82. The van der Waals surface area contributed by atoms with Gasteiger partial charge in [-0.3, -0.25) is 0 Å². The van der Waals surface area contributed by atoms with E-state index in [1.165, 1.54) is 24.8 Å². The molecule has 1 heteroatoms. The first kappa shape index (κ1) is 12.5. The lowest BCUT2D eigenvalue weighted by Gasteiger charge is -2.45. The number of allylic oxidation sites excluding steroid dienone is 8. The number of aliphatic hydroxyl groups is 1. The third-order valence-electron chi connectivity index (χ3n) is 6.25. The molecule has 0 saturated heterocycles. The highest BCUT2D eigenvalue weighted by Crippen LogP contribution is 2.56. The lowest BCUT2D eigenvalue weighted by Crippen LogP contribution is -2.32. The molecule has 4 rings (SSSR count). The van der Waals surface area contributed by atoms with Crippen LogP contribution in [0.15, 0.2) is 46.3 Å². The molecule has 106 valence electrons. The summed E-state index contributed by atoms with van der Waals surface area (Å²) in [6.45, 7) is 4.81. The predicted octanol–water partition coefficient (Wildman–Crippen LogP) is 5.23. The third-order valence-corrected chi connectivity index (χ3v) is 6.25. The number of fused-ring (bicyclic) bond motifs is 4. The summed E-state index contributed by atoms with van der Waals surface area (Å²) in [5, 5.41) is 9.84. The minimum atomic E-state index is 0.192. The average molecular weight is 268 g/mol. The van der Waals surface area contributed by atoms with Gasteiger partial charge in [-0.25, -0.2) is 0 Å². The van der Waals surface area contributed by atoms with E-state index in [-0.39, 0.29) is 5.41 Å². The summed E-state index contributed by atoms with van der Waals surface area (Å²) in [5.41, 5.74) is 6.58. The SMILES string of the molecule is CC1CC=C2C3=C(CCC21)C1(C)CCC(O)=CC1=CC3. The zero-order chi connectivity index (χ0) is 13.9. The van der Waals surface area contributed by atoms with E-state index in [4.69, 9.17) is 0 Å². The Morgan fingerprint density at radius 1 is 1.25 bits per heavy atom. The molecule has 0 spiro atoms. The Kier molecular flexibility index (Phi) is 2.58. The van der Waals surface area contributed by atoms with Gasteiger partial charge in [-0.15, -0.1) is 0 Å². The molecule has 20 heavy (non-hydrogen) atoms. The van der Waals surface area contributed by atoms with Crippen molar-refractivity contribution in [2.45, 2.75) is 52.4 Å². The summed E-state index contributed by atoms with van der Waals surface area (Å²) in [4.78, 5) is 0. The van der Waals surface area contributed by atoms with Gasteiger partial charge in [0.25, 0.3) is 0 Å². The minimum Gasteiger partial charge on any atom is -0.512 e. The van der Waals surface area contributed by atoms with Gasteiger partial charge in [-0.1, -0.05) is 31.6 Å². The van der Waals surface area contributed by atoms with Crippen LogP contribution >= 0.6 is 0 Å². The summed E-state index contributed by atoms with van der Waals surface area (Å²) in [5.74, 6) is 2.23. The number of rotatable bonds is 0. The van der Waals surface area contributed by atoms with Crippen molar-refractivity contribution in [3.63, 3.8) is 0 Å². The molecule has 3 unspecified atom stereocenters. The van der Waals surface area contributed by atoms with Crippen molar-refractivity contribution in [3.05, 3.63) is 46.3 Å². The molecule has 4 aliphatic carbocycles. The molecule has 3 atom stereocenters. The van der Waals surface area contributed by atoms with Crippen LogP contribution in [0.4, 0.5) is 0 Å². The summed E-state index contributed by atoms with van der Waals surface area (Å²) >= 11 is 0. The highest BCUT2D eigenvalue weighted by molar-refractivity contribution is 5.54. The summed E-state index contributed by atoms with van der Waals surface area (Å²) < 4.78 is 0. The van der Waals surface area contributed by atoms with E-state index in [0.717, 1.165) is 31.1 Å². The lowest BCUT2D eigenvalue weighted by molar-refractivity contribution is 0.308. The van der Waals surface area contributed by atoms with Crippen molar-refractivity contribution >= 4 is 0 Å². The fraction of sp³-hybridized carbons (Fsp3) is 0.579. The smallest absolute Gasteiger partial charge is 0.0926 e. The standard InChI is InChI=1S/C19H24O/c1-12-3-5-16-15(12)7-8-18-17(16)6-4-13-11-14(20)9-10-19(13,18)2/h4-5,11-12,15,20H,3,6-10H2,1-2H3. The topological polar surface area (TPSA) is 20.2 Å². The Morgan fingerprint density at radius 2 is 2.10 bits per heavy atom. The number of hydrogen-bond donors (Lipinski definition) is 1. The Morgan fingerprint density at radius 3 is 2.95 bits per heavy atom. The highest BCUT2D eigenvalue weighted by atomic mass is 16.3. The molecule has 0 saturated carbocycles. The molecule has 4 aliphatic rings. The molecule has 0 fully saturated rings. The van der Waals surface area contributed by atoms with E-state index in [0.29, 0.717) is 5.76 Å². The van der Waals surface area contributed by atoms with Gasteiger partial charge in [0.1, 0.15) is 0 Å². The lowest BCUT2D eigenvalue weighted by atomic mass is 9.60. The van der Waals surface area contributed by atoms with Crippen LogP contribution in [0.5, 0.6) is 0 Å². The molecule has 0 heterocycles. The normalized spacial score (nSPS) is 39.4. The van der Waals surface area contributed by atoms with Crippen LogP contribution < -0.4 is 0 Å². The summed E-state index contributed by atoms with van der Waals surface area (Å²) in [6, 6.07) is 0. The van der Waals surface area contributed by atoms with Crippen LogP contribution in [-0.2, 0) is 0 Å². The van der Waals surface area contributed by atoms with E-state index in [9.17, 15) is 5.11 Å². The molecule has 0 aromatic rings. The first-order chi connectivity index (χ1) is 9.59. The summed E-state index contributed by atoms with van der Waals surface area (Å²) in [6.07, 6.45) is 13.8. The van der Waals surface area contributed by atoms with Crippen LogP contribution in [0.25, 0.3) is 0 Å². The van der Waals surface area contributed by atoms with Gasteiger partial charge in [0.2, 0.25) is 0 Å². The Hall–Kier alpha value is -1.24. The van der Waals surface area contributed by atoms with Gasteiger partial charge in [0, 0.05) is 11.8 Å². The second-order valence-electron chi connectivity index (χ2n) is 7.31. The molecule has 0 bridgehead atoms. The monoisotopic (exact) mass is 268 g/mol. The fourth-order valence-corrected chi connectivity index (χ4v) is 4.95. The van der Waals surface area contributed by atoms with Gasteiger partial charge in [0.15, 0.2) is 0 Å². The Bertz CT molecular complexity index is 587.